The monoisotopic (exact) mass is 794 g/mol. The molecule has 0 aromatic rings. The number of allylic oxidation sites excluding steroid dienone is 2. The van der Waals surface area contributed by atoms with Gasteiger partial charge in [0.05, 0.1) is 24.7 Å². The maximum atomic E-state index is 14.8. The predicted molar refractivity (Wildman–Crippen MR) is 194 cm³/mol. The minimum Gasteiger partial charge on any atom is -0.481 e. The van der Waals surface area contributed by atoms with Gasteiger partial charge in [0.15, 0.2) is 24.5 Å². The van der Waals surface area contributed by atoms with Crippen molar-refractivity contribution in [2.24, 2.45) is 50.2 Å². The van der Waals surface area contributed by atoms with Crippen molar-refractivity contribution in [1.29, 1.82) is 0 Å². The van der Waals surface area contributed by atoms with Gasteiger partial charge in [-0.25, -0.2) is 4.79 Å². The predicted octanol–water partition coefficient (Wildman–Crippen LogP) is 1.76. The van der Waals surface area contributed by atoms with E-state index in [1.54, 1.807) is 0 Å². The third-order valence-corrected chi connectivity index (χ3v) is 17.0. The third-order valence-electron chi connectivity index (χ3n) is 17.0. The number of aliphatic hydroxyl groups is 6. The number of carboxylic acid groups (broad SMARTS) is 2. The summed E-state index contributed by atoms with van der Waals surface area (Å²) in [5.74, 6) is -3.03. The van der Waals surface area contributed by atoms with Crippen molar-refractivity contribution in [3.63, 3.8) is 0 Å². The molecule has 8 N–H and O–H groups in total. The highest BCUT2D eigenvalue weighted by Crippen LogP contribution is 2.75. The Morgan fingerprint density at radius 2 is 1.50 bits per heavy atom. The second-order valence-corrected chi connectivity index (χ2v) is 20.0. The van der Waals surface area contributed by atoms with E-state index in [4.69, 9.17) is 18.9 Å². The molecular weight excluding hydrogens is 732 g/mol. The number of fused-ring (bicyclic) bond motifs is 7. The number of carbonyl (C=O) groups excluding carboxylic acids is 1. The van der Waals surface area contributed by atoms with Crippen LogP contribution >= 0.6 is 0 Å². The molecule has 56 heavy (non-hydrogen) atoms. The molecule has 2 heterocycles. The molecule has 316 valence electrons. The Balaban J connectivity index is 1.19. The lowest BCUT2D eigenvalue weighted by molar-refractivity contribution is -0.367. The number of aliphatic carboxylic acids is 2. The number of aliphatic hydroxyl groups excluding tert-OH is 6. The van der Waals surface area contributed by atoms with Crippen molar-refractivity contribution in [3.8, 4) is 0 Å². The summed E-state index contributed by atoms with van der Waals surface area (Å²) in [6.07, 6.45) is -8.62. The number of ketones is 1. The van der Waals surface area contributed by atoms with E-state index >= 15 is 0 Å². The largest absolute Gasteiger partial charge is 0.481 e. The highest BCUT2D eigenvalue weighted by Gasteiger charge is 2.71. The van der Waals surface area contributed by atoms with E-state index in [0.717, 1.165) is 24.8 Å². The van der Waals surface area contributed by atoms with Gasteiger partial charge in [0.1, 0.15) is 36.6 Å². The van der Waals surface area contributed by atoms with E-state index in [1.165, 1.54) is 0 Å². The van der Waals surface area contributed by atoms with Gasteiger partial charge in [-0.15, -0.1) is 0 Å². The number of hydrogen-bond acceptors (Lipinski definition) is 13. The summed E-state index contributed by atoms with van der Waals surface area (Å²) in [4.78, 5) is 39.5. The van der Waals surface area contributed by atoms with Crippen LogP contribution in [0.15, 0.2) is 11.6 Å². The fraction of sp³-hybridized carbons (Fsp3) is 0.878. The molecule has 0 aromatic carbocycles. The van der Waals surface area contributed by atoms with Crippen LogP contribution in [0, 0.1) is 50.2 Å². The van der Waals surface area contributed by atoms with E-state index in [0.29, 0.717) is 38.5 Å². The van der Waals surface area contributed by atoms with Crippen LogP contribution in [0.3, 0.4) is 0 Å². The van der Waals surface area contributed by atoms with Crippen LogP contribution in [0.2, 0.25) is 0 Å². The fourth-order valence-electron chi connectivity index (χ4n) is 13.1. The standard InChI is InChI=1S/C41H62O15/c1-36-11-12-37(2,35(51)52)16-20(36)19-15-21(43)31-38(3)9-8-24(39(4,18-42)23(38)7-10-41(31,6)40(19,5)14-13-36)54-34-30(27(47)26(46)29(55-34)32(49)50)56-33-28(48)25(45)22(44)17-53-33/h15,20,22-31,33-34,42,44-48H,7-14,16-18H2,1-6H3,(H,49,50)(H,51,52). The minimum atomic E-state index is -1.97. The van der Waals surface area contributed by atoms with Crippen molar-refractivity contribution in [2.45, 2.75) is 161 Å². The zero-order valence-corrected chi connectivity index (χ0v) is 33.3. The summed E-state index contributed by atoms with van der Waals surface area (Å²) in [6, 6.07) is 0. The van der Waals surface area contributed by atoms with Crippen LogP contribution < -0.4 is 0 Å². The lowest BCUT2D eigenvalue weighted by Crippen LogP contribution is -2.68. The summed E-state index contributed by atoms with van der Waals surface area (Å²) < 4.78 is 23.5. The van der Waals surface area contributed by atoms with Crippen LogP contribution in [-0.4, -0.2) is 133 Å². The fourth-order valence-corrected chi connectivity index (χ4v) is 13.1. The van der Waals surface area contributed by atoms with Gasteiger partial charge in [-0.2, -0.15) is 0 Å². The molecule has 7 rings (SSSR count). The Labute approximate surface area is 327 Å². The topological polar surface area (TPSA) is 250 Å². The normalized spacial score (nSPS) is 54.5. The summed E-state index contributed by atoms with van der Waals surface area (Å²) in [5.41, 5.74) is -2.30. The van der Waals surface area contributed by atoms with Gasteiger partial charge >= 0.3 is 11.9 Å². The molecule has 0 amide bonds. The summed E-state index contributed by atoms with van der Waals surface area (Å²) in [5, 5.41) is 84.1. The Morgan fingerprint density at radius 1 is 0.821 bits per heavy atom. The molecule has 0 aromatic heterocycles. The Kier molecular flexibility index (Phi) is 10.5. The van der Waals surface area contributed by atoms with E-state index < -0.39 is 108 Å². The third kappa shape index (κ3) is 6.00. The van der Waals surface area contributed by atoms with Gasteiger partial charge in [-0.05, 0) is 104 Å². The molecule has 15 heteroatoms. The molecule has 19 atom stereocenters. The molecule has 2 saturated heterocycles. The molecule has 0 spiro atoms. The lowest BCUT2D eigenvalue weighted by Gasteiger charge is -2.70. The average molecular weight is 795 g/mol. The minimum absolute atomic E-state index is 0.0298. The molecule has 5 aliphatic carbocycles. The molecule has 4 saturated carbocycles. The first kappa shape index (κ1) is 42.1. The molecule has 2 aliphatic heterocycles. The molecule has 0 radical (unpaired) electrons. The van der Waals surface area contributed by atoms with Crippen LogP contribution in [0.4, 0.5) is 0 Å². The second kappa shape index (κ2) is 14.0. The van der Waals surface area contributed by atoms with Crippen molar-refractivity contribution in [1.82, 2.24) is 0 Å². The van der Waals surface area contributed by atoms with Crippen molar-refractivity contribution >= 4 is 17.7 Å². The SMILES string of the molecule is CC1(C(=O)O)CCC2(C)CCC3(C)C(=CC(=O)C4C5(C)CCC(OC6OC(C(=O)O)C(O)C(O)C6OC6OCC(O)C(O)C6O)C(C)(CO)C5CCC43C)C2C1. The van der Waals surface area contributed by atoms with Gasteiger partial charge in [-0.3, -0.25) is 9.59 Å². The van der Waals surface area contributed by atoms with E-state index in [1.807, 2.05) is 19.9 Å². The van der Waals surface area contributed by atoms with Crippen molar-refractivity contribution in [2.75, 3.05) is 13.2 Å². The maximum absolute atomic E-state index is 14.8. The summed E-state index contributed by atoms with van der Waals surface area (Å²) in [7, 11) is 0. The Hall–Kier alpha value is -2.05. The Bertz CT molecular complexity index is 1620. The number of carbonyl (C=O) groups is 3. The highest BCUT2D eigenvalue weighted by atomic mass is 16.8. The van der Waals surface area contributed by atoms with Crippen LogP contribution in [0.25, 0.3) is 0 Å². The van der Waals surface area contributed by atoms with E-state index in [9.17, 15) is 55.2 Å². The smallest absolute Gasteiger partial charge is 0.335 e. The molecule has 6 fully saturated rings. The zero-order chi connectivity index (χ0) is 41.1. The van der Waals surface area contributed by atoms with E-state index in [2.05, 4.69) is 27.7 Å². The maximum Gasteiger partial charge on any atom is 0.335 e. The molecule has 7 aliphatic rings. The number of ether oxygens (including phenoxy) is 4. The van der Waals surface area contributed by atoms with Gasteiger partial charge in [0, 0.05) is 11.3 Å². The Morgan fingerprint density at radius 3 is 2.14 bits per heavy atom. The van der Waals surface area contributed by atoms with Crippen molar-refractivity contribution < 1.29 is 74.2 Å². The van der Waals surface area contributed by atoms with Gasteiger partial charge < -0.3 is 59.8 Å². The number of rotatable bonds is 7. The number of carboxylic acids is 2. The molecule has 19 unspecified atom stereocenters. The van der Waals surface area contributed by atoms with Crippen LogP contribution in [0.5, 0.6) is 0 Å². The highest BCUT2D eigenvalue weighted by molar-refractivity contribution is 5.95. The van der Waals surface area contributed by atoms with Crippen LogP contribution in [0.1, 0.15) is 99.3 Å². The first-order valence-corrected chi connectivity index (χ1v) is 20.3. The summed E-state index contributed by atoms with van der Waals surface area (Å²) in [6.45, 7) is 11.8. The van der Waals surface area contributed by atoms with Gasteiger partial charge in [0.2, 0.25) is 0 Å². The molecule has 15 nitrogen and oxygen atoms in total. The number of hydrogen-bond donors (Lipinski definition) is 8. The molecule has 0 bridgehead atoms. The average Bonchev–Trinajstić information content (AvgIpc) is 3.13. The molecular formula is C41H62O15. The quantitative estimate of drug-likeness (QED) is 0.171. The second-order valence-electron chi connectivity index (χ2n) is 20.0. The van der Waals surface area contributed by atoms with E-state index in [-0.39, 0.29) is 35.1 Å². The van der Waals surface area contributed by atoms with Crippen LogP contribution in [-0.2, 0) is 33.3 Å². The van der Waals surface area contributed by atoms with Gasteiger partial charge in [-0.1, -0.05) is 40.2 Å². The first-order valence-electron chi connectivity index (χ1n) is 20.3. The first-order chi connectivity index (χ1) is 26.0. The summed E-state index contributed by atoms with van der Waals surface area (Å²) >= 11 is 0. The van der Waals surface area contributed by atoms with Crippen molar-refractivity contribution in [3.05, 3.63) is 11.6 Å². The zero-order valence-electron chi connectivity index (χ0n) is 33.3. The lowest BCUT2D eigenvalue weighted by atomic mass is 9.33. The van der Waals surface area contributed by atoms with Gasteiger partial charge in [0.25, 0.3) is 0 Å².